The maximum absolute atomic E-state index is 6.13. The van der Waals surface area contributed by atoms with E-state index in [-0.39, 0.29) is 0 Å². The number of nitrogens with one attached hydrogen (secondary N) is 1. The molecule has 0 unspecified atom stereocenters. The maximum Gasteiger partial charge on any atom is 0.0426 e. The SMILES string of the molecule is CC(C)CNCc1ccc(Cl)cc1N(C)CC(C)C. The molecule has 0 fully saturated rings. The maximum atomic E-state index is 6.13. The van der Waals surface area contributed by atoms with Gasteiger partial charge in [-0.15, -0.1) is 0 Å². The van der Waals surface area contributed by atoms with Gasteiger partial charge in [0.15, 0.2) is 0 Å². The van der Waals surface area contributed by atoms with E-state index in [0.717, 1.165) is 24.7 Å². The molecule has 0 aliphatic carbocycles. The van der Waals surface area contributed by atoms with E-state index in [1.54, 1.807) is 0 Å². The third-order valence-corrected chi connectivity index (χ3v) is 3.20. The van der Waals surface area contributed by atoms with Gasteiger partial charge in [-0.2, -0.15) is 0 Å². The zero-order valence-corrected chi connectivity index (χ0v) is 13.6. The Kier molecular flexibility index (Phi) is 6.67. The van der Waals surface area contributed by atoms with Crippen molar-refractivity contribution in [3.05, 3.63) is 28.8 Å². The lowest BCUT2D eigenvalue weighted by atomic mass is 10.1. The first-order valence-corrected chi connectivity index (χ1v) is 7.48. The van der Waals surface area contributed by atoms with Crippen molar-refractivity contribution in [2.75, 3.05) is 25.0 Å². The van der Waals surface area contributed by atoms with Crippen LogP contribution in [0.25, 0.3) is 0 Å². The summed E-state index contributed by atoms with van der Waals surface area (Å²) in [7, 11) is 2.14. The van der Waals surface area contributed by atoms with Gasteiger partial charge in [-0.1, -0.05) is 45.4 Å². The van der Waals surface area contributed by atoms with Gasteiger partial charge in [0.05, 0.1) is 0 Å². The zero-order valence-electron chi connectivity index (χ0n) is 12.8. The highest BCUT2D eigenvalue weighted by Crippen LogP contribution is 2.24. The van der Waals surface area contributed by atoms with Gasteiger partial charge in [0.2, 0.25) is 0 Å². The third kappa shape index (κ3) is 5.84. The van der Waals surface area contributed by atoms with Crippen LogP contribution in [0, 0.1) is 11.8 Å². The summed E-state index contributed by atoms with van der Waals surface area (Å²) in [5.74, 6) is 1.31. The summed E-state index contributed by atoms with van der Waals surface area (Å²) in [5.41, 5.74) is 2.55. The van der Waals surface area contributed by atoms with Crippen LogP contribution in [-0.2, 0) is 6.54 Å². The molecule has 0 amide bonds. The molecule has 0 saturated carbocycles. The van der Waals surface area contributed by atoms with Crippen LogP contribution in [-0.4, -0.2) is 20.1 Å². The smallest absolute Gasteiger partial charge is 0.0426 e. The number of benzene rings is 1. The molecule has 0 aromatic heterocycles. The molecule has 1 N–H and O–H groups in total. The van der Waals surface area contributed by atoms with Crippen LogP contribution < -0.4 is 10.2 Å². The van der Waals surface area contributed by atoms with E-state index >= 15 is 0 Å². The Morgan fingerprint density at radius 2 is 1.84 bits per heavy atom. The molecule has 0 saturated heterocycles. The monoisotopic (exact) mass is 282 g/mol. The summed E-state index contributed by atoms with van der Waals surface area (Å²) in [6, 6.07) is 6.17. The highest BCUT2D eigenvalue weighted by atomic mass is 35.5. The van der Waals surface area contributed by atoms with E-state index in [1.807, 2.05) is 6.07 Å². The molecule has 0 atom stereocenters. The van der Waals surface area contributed by atoms with Crippen LogP contribution in [0.4, 0.5) is 5.69 Å². The topological polar surface area (TPSA) is 15.3 Å². The van der Waals surface area contributed by atoms with Crippen molar-refractivity contribution >= 4 is 17.3 Å². The molecule has 0 radical (unpaired) electrons. The molecule has 1 rings (SSSR count). The molecule has 108 valence electrons. The normalized spacial score (nSPS) is 11.4. The van der Waals surface area contributed by atoms with E-state index < -0.39 is 0 Å². The molecule has 0 aliphatic heterocycles. The fraction of sp³-hybridized carbons (Fsp3) is 0.625. The molecule has 0 bridgehead atoms. The number of anilines is 1. The van der Waals surface area contributed by atoms with Crippen LogP contribution in [0.5, 0.6) is 0 Å². The summed E-state index contributed by atoms with van der Waals surface area (Å²) in [4.78, 5) is 2.29. The van der Waals surface area contributed by atoms with Crippen molar-refractivity contribution in [1.29, 1.82) is 0 Å². The molecule has 0 aliphatic rings. The van der Waals surface area contributed by atoms with Crippen molar-refractivity contribution in [3.63, 3.8) is 0 Å². The Morgan fingerprint density at radius 1 is 1.16 bits per heavy atom. The predicted octanol–water partition coefficient (Wildman–Crippen LogP) is 4.18. The first-order chi connectivity index (χ1) is 8.90. The van der Waals surface area contributed by atoms with Crippen LogP contribution in [0.3, 0.4) is 0 Å². The second kappa shape index (κ2) is 7.76. The van der Waals surface area contributed by atoms with Gasteiger partial charge in [0, 0.05) is 30.8 Å². The fourth-order valence-corrected chi connectivity index (χ4v) is 2.35. The van der Waals surface area contributed by atoms with Crippen molar-refractivity contribution in [1.82, 2.24) is 5.32 Å². The minimum Gasteiger partial charge on any atom is -0.374 e. The van der Waals surface area contributed by atoms with Crippen molar-refractivity contribution < 1.29 is 0 Å². The second-order valence-electron chi connectivity index (χ2n) is 6.07. The lowest BCUT2D eigenvalue weighted by Gasteiger charge is -2.25. The van der Waals surface area contributed by atoms with Crippen molar-refractivity contribution in [2.45, 2.75) is 34.2 Å². The molecule has 3 heteroatoms. The van der Waals surface area contributed by atoms with Crippen molar-refractivity contribution in [2.24, 2.45) is 11.8 Å². The lowest BCUT2D eigenvalue weighted by Crippen LogP contribution is -2.25. The van der Waals surface area contributed by atoms with Gasteiger partial charge in [0.1, 0.15) is 0 Å². The number of rotatable bonds is 7. The molecule has 0 spiro atoms. The first kappa shape index (κ1) is 16.3. The average Bonchev–Trinajstić information content (AvgIpc) is 2.29. The highest BCUT2D eigenvalue weighted by Gasteiger charge is 2.09. The number of halogens is 1. The number of hydrogen-bond donors (Lipinski definition) is 1. The summed E-state index contributed by atoms with van der Waals surface area (Å²) in [6.45, 7) is 11.9. The molecule has 2 nitrogen and oxygen atoms in total. The zero-order chi connectivity index (χ0) is 14.4. The summed E-state index contributed by atoms with van der Waals surface area (Å²) in [5, 5.41) is 4.30. The Morgan fingerprint density at radius 3 is 2.42 bits per heavy atom. The minimum absolute atomic E-state index is 0.639. The Labute approximate surface area is 123 Å². The largest absolute Gasteiger partial charge is 0.374 e. The van der Waals surface area contributed by atoms with E-state index in [4.69, 9.17) is 11.6 Å². The van der Waals surface area contributed by atoms with Crippen molar-refractivity contribution in [3.8, 4) is 0 Å². The highest BCUT2D eigenvalue weighted by molar-refractivity contribution is 6.30. The van der Waals surface area contributed by atoms with Crippen LogP contribution >= 0.6 is 11.6 Å². The summed E-state index contributed by atoms with van der Waals surface area (Å²) < 4.78 is 0. The van der Waals surface area contributed by atoms with Crippen LogP contribution in [0.1, 0.15) is 33.3 Å². The van der Waals surface area contributed by atoms with E-state index in [9.17, 15) is 0 Å². The lowest BCUT2D eigenvalue weighted by molar-refractivity contribution is 0.551. The fourth-order valence-electron chi connectivity index (χ4n) is 2.18. The van der Waals surface area contributed by atoms with Gasteiger partial charge >= 0.3 is 0 Å². The third-order valence-electron chi connectivity index (χ3n) is 2.97. The van der Waals surface area contributed by atoms with Gasteiger partial charge in [-0.3, -0.25) is 0 Å². The first-order valence-electron chi connectivity index (χ1n) is 7.10. The Bertz CT molecular complexity index is 388. The quantitative estimate of drug-likeness (QED) is 0.807. The van der Waals surface area contributed by atoms with E-state index in [1.165, 1.54) is 11.3 Å². The van der Waals surface area contributed by atoms with Crippen LogP contribution in [0.15, 0.2) is 18.2 Å². The Balaban J connectivity index is 2.79. The number of hydrogen-bond acceptors (Lipinski definition) is 2. The van der Waals surface area contributed by atoms with Crippen LogP contribution in [0.2, 0.25) is 5.02 Å². The predicted molar refractivity (Wildman–Crippen MR) is 86.1 cm³/mol. The molecule has 1 aromatic carbocycles. The average molecular weight is 283 g/mol. The Hall–Kier alpha value is -0.730. The van der Waals surface area contributed by atoms with E-state index in [2.05, 4.69) is 57.1 Å². The standard InChI is InChI=1S/C16H27ClN2/c1-12(2)9-18-10-14-6-7-15(17)8-16(14)19(5)11-13(3)4/h6-8,12-13,18H,9-11H2,1-5H3. The second-order valence-corrected chi connectivity index (χ2v) is 6.51. The molecule has 1 aromatic rings. The van der Waals surface area contributed by atoms with Gasteiger partial charge in [-0.25, -0.2) is 0 Å². The summed E-state index contributed by atoms with van der Waals surface area (Å²) >= 11 is 6.13. The minimum atomic E-state index is 0.639. The molecule has 19 heavy (non-hydrogen) atoms. The summed E-state index contributed by atoms with van der Waals surface area (Å²) in [6.07, 6.45) is 0. The van der Waals surface area contributed by atoms with E-state index in [0.29, 0.717) is 11.8 Å². The van der Waals surface area contributed by atoms with Gasteiger partial charge < -0.3 is 10.2 Å². The molecular formula is C16H27ClN2. The number of nitrogens with zero attached hydrogens (tertiary/aromatic N) is 1. The molecular weight excluding hydrogens is 256 g/mol. The van der Waals surface area contributed by atoms with Gasteiger partial charge in [0.25, 0.3) is 0 Å². The molecule has 0 heterocycles. The van der Waals surface area contributed by atoms with Gasteiger partial charge in [-0.05, 0) is 36.1 Å².